The lowest BCUT2D eigenvalue weighted by molar-refractivity contribution is 0.409. The third kappa shape index (κ3) is 2.72. The highest BCUT2D eigenvalue weighted by atomic mass is 19.2. The minimum absolute atomic E-state index is 0.0271. The van der Waals surface area contributed by atoms with Gasteiger partial charge in [-0.25, -0.2) is 0 Å². The Bertz CT molecular complexity index is 717. The minimum Gasteiger partial charge on any atom is -0.495 e. The lowest BCUT2D eigenvalue weighted by atomic mass is 10.2. The monoisotopic (exact) mass is 297 g/mol. The Balaban J connectivity index is 2.51. The van der Waals surface area contributed by atoms with Gasteiger partial charge in [0, 0.05) is 6.07 Å². The fraction of sp³-hybridized carbons (Fsp3) is 0.0769. The van der Waals surface area contributed by atoms with E-state index in [1.165, 1.54) is 25.3 Å². The van der Waals surface area contributed by atoms with Gasteiger partial charge < -0.3 is 10.1 Å². The highest BCUT2D eigenvalue weighted by molar-refractivity contribution is 5.68. The van der Waals surface area contributed by atoms with E-state index in [1.54, 1.807) is 0 Å². The second-order valence-electron chi connectivity index (χ2n) is 3.85. The summed E-state index contributed by atoms with van der Waals surface area (Å²) in [6.07, 6.45) is 0. The summed E-state index contributed by atoms with van der Waals surface area (Å²) in [5, 5.41) is 10.9. The Morgan fingerprint density at radius 1 is 1.14 bits per heavy atom. The van der Waals surface area contributed by atoms with E-state index < -0.39 is 29.2 Å². The molecule has 0 saturated heterocycles. The zero-order valence-electron chi connectivity index (χ0n) is 10.5. The second-order valence-corrected chi connectivity index (χ2v) is 3.85. The van der Waals surface area contributed by atoms with Crippen molar-refractivity contribution in [3.63, 3.8) is 0 Å². The SMILES string of the molecule is COc1cc(C#N)ccc1Nc1c(F)c(F)nc(F)c1F. The van der Waals surface area contributed by atoms with Gasteiger partial charge in [-0.3, -0.25) is 0 Å². The molecule has 0 aliphatic rings. The lowest BCUT2D eigenvalue weighted by Gasteiger charge is -2.13. The molecule has 1 aromatic heterocycles. The number of aromatic nitrogens is 1. The summed E-state index contributed by atoms with van der Waals surface area (Å²) in [5.74, 6) is -6.81. The molecule has 0 radical (unpaired) electrons. The maximum Gasteiger partial charge on any atom is 0.253 e. The molecule has 0 unspecified atom stereocenters. The number of halogens is 4. The van der Waals surface area contributed by atoms with Gasteiger partial charge >= 0.3 is 0 Å². The summed E-state index contributed by atoms with van der Waals surface area (Å²) in [5.41, 5.74) is -0.771. The van der Waals surface area contributed by atoms with Crippen LogP contribution in [0.3, 0.4) is 0 Å². The first kappa shape index (κ1) is 14.6. The zero-order valence-corrected chi connectivity index (χ0v) is 10.5. The average molecular weight is 297 g/mol. The van der Waals surface area contributed by atoms with Gasteiger partial charge in [0.05, 0.1) is 24.4 Å². The van der Waals surface area contributed by atoms with E-state index in [2.05, 4.69) is 10.3 Å². The smallest absolute Gasteiger partial charge is 0.253 e. The van der Waals surface area contributed by atoms with Crippen LogP contribution in [0, 0.1) is 34.9 Å². The van der Waals surface area contributed by atoms with Crippen molar-refractivity contribution in [3.8, 4) is 11.8 Å². The Hall–Kier alpha value is -2.82. The van der Waals surface area contributed by atoms with E-state index in [-0.39, 0.29) is 17.0 Å². The van der Waals surface area contributed by atoms with Crippen molar-refractivity contribution >= 4 is 11.4 Å². The van der Waals surface area contributed by atoms with Gasteiger partial charge in [-0.15, -0.1) is 0 Å². The van der Waals surface area contributed by atoms with Gasteiger partial charge in [0.2, 0.25) is 11.6 Å². The second kappa shape index (κ2) is 5.66. The maximum atomic E-state index is 13.5. The Morgan fingerprint density at radius 2 is 1.76 bits per heavy atom. The van der Waals surface area contributed by atoms with Crippen LogP contribution < -0.4 is 10.1 Å². The molecular formula is C13H7F4N3O. The number of nitrogens with one attached hydrogen (secondary N) is 1. The van der Waals surface area contributed by atoms with Crippen molar-refractivity contribution in [1.82, 2.24) is 4.98 Å². The van der Waals surface area contributed by atoms with E-state index in [0.717, 1.165) is 0 Å². The summed E-state index contributed by atoms with van der Waals surface area (Å²) < 4.78 is 58.0. The summed E-state index contributed by atoms with van der Waals surface area (Å²) in [6.45, 7) is 0. The molecule has 1 heterocycles. The molecule has 0 bridgehead atoms. The molecule has 1 aromatic carbocycles. The van der Waals surface area contributed by atoms with Crippen LogP contribution >= 0.6 is 0 Å². The number of rotatable bonds is 3. The minimum atomic E-state index is -1.77. The topological polar surface area (TPSA) is 57.9 Å². The molecule has 0 spiro atoms. The molecule has 21 heavy (non-hydrogen) atoms. The van der Waals surface area contributed by atoms with Crippen LogP contribution in [-0.2, 0) is 0 Å². The van der Waals surface area contributed by atoms with Crippen LogP contribution in [0.1, 0.15) is 5.56 Å². The van der Waals surface area contributed by atoms with Crippen LogP contribution in [0.2, 0.25) is 0 Å². The molecule has 0 atom stereocenters. The van der Waals surface area contributed by atoms with Crippen LogP contribution in [0.4, 0.5) is 28.9 Å². The fourth-order valence-corrected chi connectivity index (χ4v) is 1.60. The van der Waals surface area contributed by atoms with E-state index in [4.69, 9.17) is 10.00 Å². The molecule has 8 heteroatoms. The molecule has 108 valence electrons. The van der Waals surface area contributed by atoms with E-state index >= 15 is 0 Å². The number of pyridine rings is 1. The number of hydrogen-bond donors (Lipinski definition) is 1. The predicted octanol–water partition coefficient (Wildman–Crippen LogP) is 3.26. The van der Waals surface area contributed by atoms with Gasteiger partial charge in [0.1, 0.15) is 11.4 Å². The molecule has 0 saturated carbocycles. The van der Waals surface area contributed by atoms with Crippen molar-refractivity contribution in [2.75, 3.05) is 12.4 Å². The number of nitrogens with zero attached hydrogens (tertiary/aromatic N) is 2. The van der Waals surface area contributed by atoms with Crippen molar-refractivity contribution in [3.05, 3.63) is 47.3 Å². The van der Waals surface area contributed by atoms with Crippen LogP contribution in [0.15, 0.2) is 18.2 Å². The van der Waals surface area contributed by atoms with Crippen molar-refractivity contribution in [1.29, 1.82) is 5.26 Å². The average Bonchev–Trinajstić information content (AvgIpc) is 2.49. The summed E-state index contributed by atoms with van der Waals surface area (Å²) >= 11 is 0. The standard InChI is InChI=1S/C13H7F4N3O/c1-21-8-4-6(5-18)2-3-7(8)19-11-9(14)12(16)20-13(17)10(11)15/h2-4H,1H3,(H,19,20). The maximum absolute atomic E-state index is 13.5. The van der Waals surface area contributed by atoms with Gasteiger partial charge in [-0.2, -0.15) is 27.8 Å². The summed E-state index contributed by atoms with van der Waals surface area (Å²) in [4.78, 5) is 2.45. The van der Waals surface area contributed by atoms with E-state index in [0.29, 0.717) is 0 Å². The number of hydrogen-bond acceptors (Lipinski definition) is 4. The molecule has 0 amide bonds. The molecule has 0 aliphatic heterocycles. The number of anilines is 2. The highest BCUT2D eigenvalue weighted by Crippen LogP contribution is 2.31. The van der Waals surface area contributed by atoms with Crippen molar-refractivity contribution in [2.24, 2.45) is 0 Å². The first-order valence-corrected chi connectivity index (χ1v) is 5.53. The molecule has 0 fully saturated rings. The number of benzene rings is 1. The molecule has 4 nitrogen and oxygen atoms in total. The van der Waals surface area contributed by atoms with Crippen LogP contribution in [0.25, 0.3) is 0 Å². The van der Waals surface area contributed by atoms with Crippen LogP contribution in [0.5, 0.6) is 5.75 Å². The number of methoxy groups -OCH3 is 1. The number of ether oxygens (including phenoxy) is 1. The zero-order chi connectivity index (χ0) is 15.6. The third-order valence-corrected chi connectivity index (χ3v) is 2.59. The van der Waals surface area contributed by atoms with E-state index in [9.17, 15) is 17.6 Å². The molecule has 2 rings (SSSR count). The van der Waals surface area contributed by atoms with Gasteiger partial charge in [0.15, 0.2) is 0 Å². The first-order valence-electron chi connectivity index (χ1n) is 5.53. The molecule has 0 aliphatic carbocycles. The normalized spacial score (nSPS) is 10.1. The first-order chi connectivity index (χ1) is 9.97. The Morgan fingerprint density at radius 3 is 2.29 bits per heavy atom. The molecule has 1 N–H and O–H groups in total. The highest BCUT2D eigenvalue weighted by Gasteiger charge is 2.21. The van der Waals surface area contributed by atoms with Crippen LogP contribution in [-0.4, -0.2) is 12.1 Å². The van der Waals surface area contributed by atoms with Gasteiger partial charge in [-0.1, -0.05) is 0 Å². The van der Waals surface area contributed by atoms with E-state index in [1.807, 2.05) is 6.07 Å². The summed E-state index contributed by atoms with van der Waals surface area (Å²) in [6, 6.07) is 5.77. The lowest BCUT2D eigenvalue weighted by Crippen LogP contribution is -2.06. The van der Waals surface area contributed by atoms with Crippen molar-refractivity contribution < 1.29 is 22.3 Å². The quantitative estimate of drug-likeness (QED) is 0.698. The molecule has 2 aromatic rings. The molecular weight excluding hydrogens is 290 g/mol. The fourth-order valence-electron chi connectivity index (χ4n) is 1.60. The predicted molar refractivity (Wildman–Crippen MR) is 65.1 cm³/mol. The number of nitriles is 1. The Kier molecular flexibility index (Phi) is 3.93. The van der Waals surface area contributed by atoms with Gasteiger partial charge in [-0.05, 0) is 12.1 Å². The Labute approximate surface area is 116 Å². The largest absolute Gasteiger partial charge is 0.495 e. The van der Waals surface area contributed by atoms with Crippen molar-refractivity contribution in [2.45, 2.75) is 0 Å². The van der Waals surface area contributed by atoms with Gasteiger partial charge in [0.25, 0.3) is 11.9 Å². The summed E-state index contributed by atoms with van der Waals surface area (Å²) in [7, 11) is 1.27. The third-order valence-electron chi connectivity index (χ3n) is 2.59.